The molecule has 3 fully saturated rings. The average molecular weight is 374 g/mol. The SMILES string of the molecule is C[C@@H]1CCCC[C@H]1N1C(=O)C(=O)N(CC(=O)NC2(C#N)CCCCC2)C1=O. The molecule has 3 rings (SSSR count). The fraction of sp³-hybridized carbons (Fsp3) is 0.737. The molecule has 0 radical (unpaired) electrons. The van der Waals surface area contributed by atoms with Crippen LogP contribution in [0, 0.1) is 17.2 Å². The molecule has 1 saturated heterocycles. The summed E-state index contributed by atoms with van der Waals surface area (Å²) < 4.78 is 0. The largest absolute Gasteiger partial charge is 0.336 e. The van der Waals surface area contributed by atoms with Crippen molar-refractivity contribution in [1.29, 1.82) is 5.26 Å². The Balaban J connectivity index is 1.68. The van der Waals surface area contributed by atoms with E-state index in [1.807, 2.05) is 6.92 Å². The van der Waals surface area contributed by atoms with Crippen molar-refractivity contribution in [2.45, 2.75) is 76.3 Å². The third-order valence-electron chi connectivity index (χ3n) is 6.08. The first kappa shape index (κ1) is 19.3. The molecule has 27 heavy (non-hydrogen) atoms. The van der Waals surface area contributed by atoms with Gasteiger partial charge in [-0.1, -0.05) is 39.0 Å². The van der Waals surface area contributed by atoms with E-state index >= 15 is 0 Å². The Morgan fingerprint density at radius 2 is 1.78 bits per heavy atom. The highest BCUT2D eigenvalue weighted by Crippen LogP contribution is 2.31. The first-order valence-electron chi connectivity index (χ1n) is 9.80. The molecule has 0 aromatic carbocycles. The molecule has 3 aliphatic rings. The number of nitriles is 1. The molecule has 146 valence electrons. The van der Waals surface area contributed by atoms with Gasteiger partial charge in [0.05, 0.1) is 6.07 Å². The molecular weight excluding hydrogens is 348 g/mol. The van der Waals surface area contributed by atoms with Crippen LogP contribution >= 0.6 is 0 Å². The van der Waals surface area contributed by atoms with Crippen LogP contribution in [-0.2, 0) is 14.4 Å². The van der Waals surface area contributed by atoms with Crippen LogP contribution < -0.4 is 5.32 Å². The van der Waals surface area contributed by atoms with E-state index in [-0.39, 0.29) is 12.0 Å². The lowest BCUT2D eigenvalue weighted by atomic mass is 9.83. The number of urea groups is 1. The van der Waals surface area contributed by atoms with Gasteiger partial charge in [0.25, 0.3) is 0 Å². The highest BCUT2D eigenvalue weighted by atomic mass is 16.2. The van der Waals surface area contributed by atoms with Gasteiger partial charge in [-0.15, -0.1) is 0 Å². The first-order chi connectivity index (χ1) is 12.9. The minimum Gasteiger partial charge on any atom is -0.336 e. The molecule has 8 nitrogen and oxygen atoms in total. The molecule has 0 aromatic heterocycles. The van der Waals surface area contributed by atoms with Crippen molar-refractivity contribution in [3.63, 3.8) is 0 Å². The summed E-state index contributed by atoms with van der Waals surface area (Å²) in [5.41, 5.74) is -0.942. The van der Waals surface area contributed by atoms with Crippen LogP contribution in [0.25, 0.3) is 0 Å². The second kappa shape index (κ2) is 7.67. The van der Waals surface area contributed by atoms with Gasteiger partial charge in [0.2, 0.25) is 5.91 Å². The van der Waals surface area contributed by atoms with Crippen LogP contribution in [0.15, 0.2) is 0 Å². The maximum atomic E-state index is 12.7. The maximum Gasteiger partial charge on any atom is 0.334 e. The summed E-state index contributed by atoms with van der Waals surface area (Å²) in [6.07, 6.45) is 7.37. The minimum atomic E-state index is -0.956. The van der Waals surface area contributed by atoms with Crippen LogP contribution in [0.4, 0.5) is 4.79 Å². The van der Waals surface area contributed by atoms with Gasteiger partial charge in [-0.25, -0.2) is 9.69 Å². The number of nitrogens with one attached hydrogen (secondary N) is 1. The van der Waals surface area contributed by atoms with Crippen LogP contribution in [-0.4, -0.2) is 51.7 Å². The summed E-state index contributed by atoms with van der Waals surface area (Å²) in [7, 11) is 0. The third-order valence-corrected chi connectivity index (χ3v) is 6.08. The number of carbonyl (C=O) groups excluding carboxylic acids is 4. The van der Waals surface area contributed by atoms with E-state index in [1.165, 1.54) is 0 Å². The molecule has 2 atom stereocenters. The lowest BCUT2D eigenvalue weighted by molar-refractivity contribution is -0.145. The Hall–Kier alpha value is -2.43. The van der Waals surface area contributed by atoms with Gasteiger partial charge >= 0.3 is 17.8 Å². The number of amides is 5. The predicted octanol–water partition coefficient (Wildman–Crippen LogP) is 1.70. The molecule has 2 aliphatic carbocycles. The number of carbonyl (C=O) groups is 4. The molecule has 1 heterocycles. The topological polar surface area (TPSA) is 111 Å². The molecule has 0 spiro atoms. The summed E-state index contributed by atoms with van der Waals surface area (Å²) in [4.78, 5) is 51.6. The second-order valence-corrected chi connectivity index (χ2v) is 7.98. The smallest absolute Gasteiger partial charge is 0.334 e. The van der Waals surface area contributed by atoms with Gasteiger partial charge in [0.15, 0.2) is 0 Å². The van der Waals surface area contributed by atoms with Gasteiger partial charge in [-0.2, -0.15) is 5.26 Å². The van der Waals surface area contributed by atoms with E-state index < -0.39 is 35.8 Å². The molecule has 1 N–H and O–H groups in total. The van der Waals surface area contributed by atoms with E-state index in [2.05, 4.69) is 11.4 Å². The van der Waals surface area contributed by atoms with Crippen LogP contribution in [0.2, 0.25) is 0 Å². The van der Waals surface area contributed by atoms with Crippen molar-refractivity contribution in [3.8, 4) is 6.07 Å². The van der Waals surface area contributed by atoms with Crippen molar-refractivity contribution >= 4 is 23.8 Å². The Kier molecular flexibility index (Phi) is 5.49. The standard InChI is InChI=1S/C19H26N4O4/c1-13-7-3-4-8-14(13)23-17(26)16(25)22(18(23)27)11-15(24)21-19(12-20)9-5-2-6-10-19/h13-14H,2-11H2,1H3,(H,21,24)/t13-,14-/m1/s1. The number of rotatable bonds is 4. The highest BCUT2D eigenvalue weighted by Gasteiger charge is 2.50. The summed E-state index contributed by atoms with van der Waals surface area (Å²) in [6.45, 7) is 1.45. The summed E-state index contributed by atoms with van der Waals surface area (Å²) in [6, 6.07) is 1.17. The third kappa shape index (κ3) is 3.68. The summed E-state index contributed by atoms with van der Waals surface area (Å²) in [5, 5.41) is 12.2. The molecule has 8 heteroatoms. The zero-order chi connectivity index (χ0) is 19.6. The van der Waals surface area contributed by atoms with E-state index in [9.17, 15) is 24.4 Å². The monoisotopic (exact) mass is 374 g/mol. The quantitative estimate of drug-likeness (QED) is 0.595. The van der Waals surface area contributed by atoms with Gasteiger partial charge < -0.3 is 5.32 Å². The van der Waals surface area contributed by atoms with Gasteiger partial charge in [0.1, 0.15) is 12.1 Å². The predicted molar refractivity (Wildman–Crippen MR) is 94.9 cm³/mol. The zero-order valence-corrected chi connectivity index (χ0v) is 15.7. The Labute approximate surface area is 158 Å². The lowest BCUT2D eigenvalue weighted by Crippen LogP contribution is -2.52. The number of hydrogen-bond acceptors (Lipinski definition) is 5. The van der Waals surface area contributed by atoms with E-state index in [1.54, 1.807) is 0 Å². The molecule has 2 saturated carbocycles. The van der Waals surface area contributed by atoms with Crippen molar-refractivity contribution in [3.05, 3.63) is 0 Å². The van der Waals surface area contributed by atoms with Crippen molar-refractivity contribution in [1.82, 2.24) is 15.1 Å². The zero-order valence-electron chi connectivity index (χ0n) is 15.7. The Bertz CT molecular complexity index is 692. The number of nitrogens with zero attached hydrogens (tertiary/aromatic N) is 3. The van der Waals surface area contributed by atoms with Crippen molar-refractivity contribution in [2.75, 3.05) is 6.54 Å². The fourth-order valence-electron chi connectivity index (χ4n) is 4.50. The van der Waals surface area contributed by atoms with Crippen molar-refractivity contribution in [2.24, 2.45) is 5.92 Å². The lowest BCUT2D eigenvalue weighted by Gasteiger charge is -2.34. The van der Waals surface area contributed by atoms with Crippen molar-refractivity contribution < 1.29 is 19.2 Å². The first-order valence-corrected chi connectivity index (χ1v) is 9.80. The molecular formula is C19H26N4O4. The number of imide groups is 2. The van der Waals surface area contributed by atoms with Crippen LogP contribution in [0.1, 0.15) is 64.7 Å². The van der Waals surface area contributed by atoms with Crippen LogP contribution in [0.3, 0.4) is 0 Å². The van der Waals surface area contributed by atoms with E-state index in [4.69, 9.17) is 0 Å². The maximum absolute atomic E-state index is 12.7. The molecule has 1 aliphatic heterocycles. The van der Waals surface area contributed by atoms with E-state index in [0.717, 1.165) is 43.4 Å². The van der Waals surface area contributed by atoms with Gasteiger partial charge in [0, 0.05) is 6.04 Å². The molecule has 0 unspecified atom stereocenters. The second-order valence-electron chi connectivity index (χ2n) is 7.98. The summed E-state index contributed by atoms with van der Waals surface area (Å²) in [5.74, 6) is -2.24. The van der Waals surface area contributed by atoms with Gasteiger partial charge in [-0.3, -0.25) is 19.3 Å². The molecule has 5 amide bonds. The molecule has 0 bridgehead atoms. The van der Waals surface area contributed by atoms with Gasteiger partial charge in [-0.05, 0) is 31.6 Å². The highest BCUT2D eigenvalue weighted by molar-refractivity contribution is 6.45. The average Bonchev–Trinajstić information content (AvgIpc) is 2.86. The minimum absolute atomic E-state index is 0.136. The number of hydrogen-bond donors (Lipinski definition) is 1. The Morgan fingerprint density at radius 1 is 1.11 bits per heavy atom. The normalized spacial score (nSPS) is 28.2. The van der Waals surface area contributed by atoms with Crippen LogP contribution in [0.5, 0.6) is 0 Å². The summed E-state index contributed by atoms with van der Waals surface area (Å²) >= 11 is 0. The van der Waals surface area contributed by atoms with E-state index in [0.29, 0.717) is 24.2 Å². The molecule has 0 aromatic rings. The fourth-order valence-corrected chi connectivity index (χ4v) is 4.50. The Morgan fingerprint density at radius 3 is 2.41 bits per heavy atom.